The molecule has 0 aliphatic rings. The second-order valence-corrected chi connectivity index (χ2v) is 5.08. The first-order valence-electron chi connectivity index (χ1n) is 6.21. The van der Waals surface area contributed by atoms with Gasteiger partial charge in [-0.15, -0.1) is 0 Å². The van der Waals surface area contributed by atoms with Crippen molar-refractivity contribution in [1.29, 1.82) is 0 Å². The molecular weight excluding hydrogens is 274 g/mol. The molecular formula is C14H15N3O2S. The fourth-order valence-electron chi connectivity index (χ4n) is 2.31. The Hall–Kier alpha value is -2.21. The third kappa shape index (κ3) is 1.98. The standard InChI is InChI=1S/C14H15N3O2S/c1-17-13(18)12(16-14(17)20)5-8-7-15-11-4-3-9(19-2)6-10(8)11/h3-4,6-7,15,18H,5H2,1-2H3,(H,16,20). The van der Waals surface area contributed by atoms with Crippen molar-refractivity contribution >= 4 is 23.1 Å². The Morgan fingerprint density at radius 1 is 1.40 bits per heavy atom. The van der Waals surface area contributed by atoms with Crippen LogP contribution in [-0.4, -0.2) is 26.8 Å². The highest BCUT2D eigenvalue weighted by atomic mass is 32.1. The number of aromatic amines is 2. The highest BCUT2D eigenvalue weighted by Crippen LogP contribution is 2.27. The Morgan fingerprint density at radius 2 is 2.20 bits per heavy atom. The predicted molar refractivity (Wildman–Crippen MR) is 79.9 cm³/mol. The number of aromatic hydroxyl groups is 1. The van der Waals surface area contributed by atoms with E-state index < -0.39 is 0 Å². The molecule has 0 aliphatic carbocycles. The van der Waals surface area contributed by atoms with Crippen LogP contribution in [0, 0.1) is 4.77 Å². The first-order chi connectivity index (χ1) is 9.60. The van der Waals surface area contributed by atoms with E-state index in [-0.39, 0.29) is 5.88 Å². The van der Waals surface area contributed by atoms with Gasteiger partial charge in [0, 0.05) is 30.6 Å². The monoisotopic (exact) mass is 289 g/mol. The van der Waals surface area contributed by atoms with Crippen molar-refractivity contribution in [1.82, 2.24) is 14.5 Å². The number of rotatable bonds is 3. The van der Waals surface area contributed by atoms with Crippen LogP contribution in [0.3, 0.4) is 0 Å². The van der Waals surface area contributed by atoms with Crippen molar-refractivity contribution in [3.05, 3.63) is 40.4 Å². The first-order valence-corrected chi connectivity index (χ1v) is 6.62. The van der Waals surface area contributed by atoms with Crippen molar-refractivity contribution in [2.45, 2.75) is 6.42 Å². The van der Waals surface area contributed by atoms with Gasteiger partial charge in [-0.2, -0.15) is 0 Å². The topological polar surface area (TPSA) is 66.0 Å². The van der Waals surface area contributed by atoms with E-state index in [1.54, 1.807) is 18.7 Å². The average molecular weight is 289 g/mol. The SMILES string of the molecule is COc1ccc2[nH]cc(Cc3[nH]c(=S)n(C)c3O)c2c1. The van der Waals surface area contributed by atoms with Crippen LogP contribution in [0.25, 0.3) is 10.9 Å². The Morgan fingerprint density at radius 3 is 2.85 bits per heavy atom. The maximum atomic E-state index is 10.0. The summed E-state index contributed by atoms with van der Waals surface area (Å²) in [6.07, 6.45) is 2.51. The Balaban J connectivity index is 2.06. The van der Waals surface area contributed by atoms with Gasteiger partial charge >= 0.3 is 0 Å². The minimum absolute atomic E-state index is 0.173. The van der Waals surface area contributed by atoms with Crippen molar-refractivity contribution < 1.29 is 9.84 Å². The largest absolute Gasteiger partial charge is 0.497 e. The number of fused-ring (bicyclic) bond motifs is 1. The number of benzene rings is 1. The lowest BCUT2D eigenvalue weighted by Gasteiger charge is -2.02. The molecule has 0 fully saturated rings. The fraction of sp³-hybridized carbons (Fsp3) is 0.214. The minimum Gasteiger partial charge on any atom is -0.497 e. The van der Waals surface area contributed by atoms with E-state index in [0.29, 0.717) is 16.9 Å². The van der Waals surface area contributed by atoms with Crippen LogP contribution in [0.1, 0.15) is 11.3 Å². The van der Waals surface area contributed by atoms with Gasteiger partial charge in [-0.05, 0) is 36.0 Å². The van der Waals surface area contributed by atoms with Gasteiger partial charge in [0.2, 0.25) is 5.88 Å². The van der Waals surface area contributed by atoms with E-state index >= 15 is 0 Å². The number of nitrogens with zero attached hydrogens (tertiary/aromatic N) is 1. The normalized spacial score (nSPS) is 11.1. The molecule has 2 heterocycles. The molecule has 104 valence electrons. The van der Waals surface area contributed by atoms with E-state index in [4.69, 9.17) is 17.0 Å². The summed E-state index contributed by atoms with van der Waals surface area (Å²) in [7, 11) is 3.38. The summed E-state index contributed by atoms with van der Waals surface area (Å²) >= 11 is 5.11. The van der Waals surface area contributed by atoms with E-state index in [1.165, 1.54) is 0 Å². The smallest absolute Gasteiger partial charge is 0.213 e. The first kappa shape index (κ1) is 12.8. The quantitative estimate of drug-likeness (QED) is 0.650. The van der Waals surface area contributed by atoms with Crippen LogP contribution in [0.5, 0.6) is 11.6 Å². The van der Waals surface area contributed by atoms with Gasteiger partial charge in [0.25, 0.3) is 0 Å². The highest BCUT2D eigenvalue weighted by Gasteiger charge is 2.12. The maximum absolute atomic E-state index is 10.0. The third-order valence-electron chi connectivity index (χ3n) is 3.49. The second-order valence-electron chi connectivity index (χ2n) is 4.69. The second kappa shape index (κ2) is 4.72. The summed E-state index contributed by atoms with van der Waals surface area (Å²) in [5, 5.41) is 11.1. The number of aromatic nitrogens is 3. The summed E-state index contributed by atoms with van der Waals surface area (Å²) in [6, 6.07) is 5.87. The Bertz CT molecular complexity index is 829. The third-order valence-corrected chi connectivity index (χ3v) is 3.87. The molecule has 3 rings (SSSR count). The molecule has 3 N–H and O–H groups in total. The van der Waals surface area contributed by atoms with Gasteiger partial charge in [0.15, 0.2) is 4.77 Å². The van der Waals surface area contributed by atoms with Gasteiger partial charge in [-0.25, -0.2) is 0 Å². The lowest BCUT2D eigenvalue weighted by atomic mass is 10.1. The van der Waals surface area contributed by atoms with Gasteiger partial charge < -0.3 is 19.8 Å². The van der Waals surface area contributed by atoms with Gasteiger partial charge in [0.1, 0.15) is 5.75 Å². The maximum Gasteiger partial charge on any atom is 0.213 e. The predicted octanol–water partition coefficient (Wildman–Crippen LogP) is 2.87. The van der Waals surface area contributed by atoms with Crippen LogP contribution >= 0.6 is 12.2 Å². The van der Waals surface area contributed by atoms with E-state index in [0.717, 1.165) is 22.2 Å². The fourth-order valence-corrected chi connectivity index (χ4v) is 2.52. The highest BCUT2D eigenvalue weighted by molar-refractivity contribution is 7.71. The van der Waals surface area contributed by atoms with E-state index in [1.807, 2.05) is 24.4 Å². The molecule has 1 aromatic carbocycles. The number of hydrogen-bond acceptors (Lipinski definition) is 3. The number of ether oxygens (including phenoxy) is 1. The van der Waals surface area contributed by atoms with Crippen LogP contribution in [0.4, 0.5) is 0 Å². The van der Waals surface area contributed by atoms with Gasteiger partial charge in [0.05, 0.1) is 12.8 Å². The van der Waals surface area contributed by atoms with Crippen molar-refractivity contribution in [2.75, 3.05) is 7.11 Å². The molecule has 20 heavy (non-hydrogen) atoms. The van der Waals surface area contributed by atoms with Crippen molar-refractivity contribution in [3.63, 3.8) is 0 Å². The summed E-state index contributed by atoms with van der Waals surface area (Å²) < 4.78 is 7.32. The number of hydrogen-bond donors (Lipinski definition) is 3. The van der Waals surface area contributed by atoms with E-state index in [2.05, 4.69) is 9.97 Å². The number of methoxy groups -OCH3 is 1. The molecule has 0 radical (unpaired) electrons. The van der Waals surface area contributed by atoms with Crippen LogP contribution in [-0.2, 0) is 13.5 Å². The molecule has 0 spiro atoms. The summed E-state index contributed by atoms with van der Waals surface area (Å²) in [4.78, 5) is 6.24. The number of imidazole rings is 1. The van der Waals surface area contributed by atoms with Crippen LogP contribution in [0.2, 0.25) is 0 Å². The van der Waals surface area contributed by atoms with Crippen LogP contribution in [0.15, 0.2) is 24.4 Å². The van der Waals surface area contributed by atoms with E-state index in [9.17, 15) is 5.11 Å². The van der Waals surface area contributed by atoms with Gasteiger partial charge in [-0.1, -0.05) is 0 Å². The zero-order valence-electron chi connectivity index (χ0n) is 11.2. The van der Waals surface area contributed by atoms with Crippen molar-refractivity contribution in [3.8, 4) is 11.6 Å². The molecule has 0 saturated carbocycles. The Kier molecular flexibility index (Phi) is 3.02. The van der Waals surface area contributed by atoms with Gasteiger partial charge in [-0.3, -0.25) is 4.57 Å². The Labute approximate surface area is 120 Å². The molecule has 3 aromatic rings. The summed E-state index contributed by atoms with van der Waals surface area (Å²) in [5.74, 6) is 0.982. The molecule has 0 amide bonds. The minimum atomic E-state index is 0.173. The van der Waals surface area contributed by atoms with Crippen molar-refractivity contribution in [2.24, 2.45) is 7.05 Å². The zero-order chi connectivity index (χ0) is 14.3. The molecule has 2 aromatic heterocycles. The lowest BCUT2D eigenvalue weighted by Crippen LogP contribution is -1.89. The molecule has 0 saturated heterocycles. The molecule has 0 atom stereocenters. The summed E-state index contributed by atoms with van der Waals surface area (Å²) in [6.45, 7) is 0. The molecule has 0 bridgehead atoms. The molecule has 6 heteroatoms. The molecule has 0 aliphatic heterocycles. The number of nitrogens with one attached hydrogen (secondary N) is 2. The number of H-pyrrole nitrogens is 2. The zero-order valence-corrected chi connectivity index (χ0v) is 12.0. The molecule has 5 nitrogen and oxygen atoms in total. The summed E-state index contributed by atoms with van der Waals surface area (Å²) in [5.41, 5.74) is 2.82. The van der Waals surface area contributed by atoms with Crippen LogP contribution < -0.4 is 4.74 Å². The average Bonchev–Trinajstić information content (AvgIpc) is 2.96. The lowest BCUT2D eigenvalue weighted by molar-refractivity contribution is 0.415. The molecule has 0 unspecified atom stereocenters.